The zero-order valence-electron chi connectivity index (χ0n) is 20.2. The van der Waals surface area contributed by atoms with Gasteiger partial charge in [0.25, 0.3) is 0 Å². The van der Waals surface area contributed by atoms with Gasteiger partial charge < -0.3 is 30.3 Å². The molecular formula is C22H40IN5O3. The number of nitrogens with zero attached hydrogens (tertiary/aromatic N) is 2. The van der Waals surface area contributed by atoms with Crippen molar-refractivity contribution >= 4 is 36.0 Å². The van der Waals surface area contributed by atoms with Crippen LogP contribution in [0.4, 0.5) is 4.79 Å². The molecule has 9 heteroatoms. The third-order valence-electron chi connectivity index (χ3n) is 3.93. The van der Waals surface area contributed by atoms with Crippen molar-refractivity contribution in [3.8, 4) is 5.75 Å². The Hall–Kier alpha value is -1.75. The molecule has 31 heavy (non-hydrogen) atoms. The predicted molar refractivity (Wildman–Crippen MR) is 138 cm³/mol. The number of halogens is 1. The van der Waals surface area contributed by atoms with Gasteiger partial charge in [-0.05, 0) is 66.4 Å². The number of aliphatic imine (C=N–C) groups is 1. The number of guanidine groups is 1. The molecule has 0 spiro atoms. The van der Waals surface area contributed by atoms with E-state index in [0.29, 0.717) is 25.7 Å². The van der Waals surface area contributed by atoms with Gasteiger partial charge in [-0.15, -0.1) is 24.0 Å². The highest BCUT2D eigenvalue weighted by atomic mass is 127. The fraction of sp³-hybridized carbons (Fsp3) is 0.636. The number of rotatable bonds is 9. The second-order valence-electron chi connectivity index (χ2n) is 9.09. The van der Waals surface area contributed by atoms with E-state index >= 15 is 0 Å². The highest BCUT2D eigenvalue weighted by Gasteiger charge is 2.24. The predicted octanol–water partition coefficient (Wildman–Crippen LogP) is 3.21. The van der Waals surface area contributed by atoms with E-state index in [0.717, 1.165) is 17.9 Å². The van der Waals surface area contributed by atoms with E-state index in [-0.39, 0.29) is 24.0 Å². The summed E-state index contributed by atoms with van der Waals surface area (Å²) < 4.78 is 11.1. The molecule has 1 amide bonds. The molecule has 8 nitrogen and oxygen atoms in total. The molecule has 0 saturated carbocycles. The Morgan fingerprint density at radius 3 is 2.39 bits per heavy atom. The van der Waals surface area contributed by atoms with Gasteiger partial charge in [-0.2, -0.15) is 0 Å². The Bertz CT molecular complexity index is 703. The third-order valence-corrected chi connectivity index (χ3v) is 3.93. The Labute approximate surface area is 204 Å². The number of hydrogen-bond donors (Lipinski definition) is 3. The summed E-state index contributed by atoms with van der Waals surface area (Å²) in [6.07, 6.45) is -0.441. The lowest BCUT2D eigenvalue weighted by Gasteiger charge is -2.29. The Kier molecular flexibility index (Phi) is 12.8. The van der Waals surface area contributed by atoms with Crippen LogP contribution in [0, 0.1) is 0 Å². The number of hydrogen-bond acceptors (Lipinski definition) is 5. The minimum absolute atomic E-state index is 0. The Morgan fingerprint density at radius 1 is 1.13 bits per heavy atom. The molecule has 0 unspecified atom stereocenters. The van der Waals surface area contributed by atoms with Crippen molar-refractivity contribution in [3.05, 3.63) is 29.8 Å². The first-order chi connectivity index (χ1) is 13.9. The van der Waals surface area contributed by atoms with Crippen molar-refractivity contribution in [2.75, 3.05) is 40.8 Å². The molecule has 0 atom stereocenters. The molecule has 0 bridgehead atoms. The van der Waals surface area contributed by atoms with Crippen molar-refractivity contribution in [1.29, 1.82) is 0 Å². The van der Waals surface area contributed by atoms with E-state index in [4.69, 9.17) is 9.47 Å². The van der Waals surface area contributed by atoms with Crippen LogP contribution in [-0.4, -0.2) is 68.9 Å². The van der Waals surface area contributed by atoms with Crippen LogP contribution in [0.15, 0.2) is 29.3 Å². The number of amides is 1. The van der Waals surface area contributed by atoms with Crippen LogP contribution in [0.1, 0.15) is 40.2 Å². The zero-order chi connectivity index (χ0) is 22.8. The van der Waals surface area contributed by atoms with Gasteiger partial charge in [0.05, 0.1) is 5.54 Å². The van der Waals surface area contributed by atoms with Crippen molar-refractivity contribution in [2.24, 2.45) is 4.99 Å². The first kappa shape index (κ1) is 29.2. The van der Waals surface area contributed by atoms with E-state index in [1.54, 1.807) is 7.05 Å². The van der Waals surface area contributed by atoms with Crippen LogP contribution in [0.5, 0.6) is 5.75 Å². The normalized spacial score (nSPS) is 12.1. The number of ether oxygens (including phenoxy) is 2. The molecule has 0 radical (unpaired) electrons. The van der Waals surface area contributed by atoms with Crippen LogP contribution in [0.3, 0.4) is 0 Å². The standard InChI is InChI=1S/C22H39N5O3.HI/c1-21(2,3)30-20(28)26-22(4,5)16-25-19(23-6)24-15-17-10-9-11-18(14-17)29-13-12-27(7)8;/h9-11,14H,12-13,15-16H2,1-8H3,(H,26,28)(H2,23,24,25);1H. The maximum Gasteiger partial charge on any atom is 0.408 e. The van der Waals surface area contributed by atoms with Gasteiger partial charge in [-0.3, -0.25) is 4.99 Å². The lowest BCUT2D eigenvalue weighted by molar-refractivity contribution is 0.0474. The van der Waals surface area contributed by atoms with Gasteiger partial charge in [-0.1, -0.05) is 12.1 Å². The van der Waals surface area contributed by atoms with Crippen molar-refractivity contribution in [1.82, 2.24) is 20.9 Å². The molecule has 0 saturated heterocycles. The first-order valence-corrected chi connectivity index (χ1v) is 10.2. The zero-order valence-corrected chi connectivity index (χ0v) is 22.5. The van der Waals surface area contributed by atoms with Crippen LogP contribution in [0.25, 0.3) is 0 Å². The minimum Gasteiger partial charge on any atom is -0.492 e. The van der Waals surface area contributed by atoms with Gasteiger partial charge in [0, 0.05) is 26.7 Å². The molecule has 0 aliphatic heterocycles. The number of benzene rings is 1. The molecule has 0 aliphatic rings. The summed E-state index contributed by atoms with van der Waals surface area (Å²) in [4.78, 5) is 18.4. The lowest BCUT2D eigenvalue weighted by Crippen LogP contribution is -2.54. The van der Waals surface area contributed by atoms with Gasteiger partial charge >= 0.3 is 6.09 Å². The van der Waals surface area contributed by atoms with E-state index < -0.39 is 17.2 Å². The fourth-order valence-corrected chi connectivity index (χ4v) is 2.43. The second kappa shape index (κ2) is 13.6. The maximum atomic E-state index is 12.0. The molecule has 1 aromatic rings. The summed E-state index contributed by atoms with van der Waals surface area (Å²) in [5.41, 5.74) is 0.0437. The first-order valence-electron chi connectivity index (χ1n) is 10.2. The van der Waals surface area contributed by atoms with Gasteiger partial charge in [-0.25, -0.2) is 4.79 Å². The number of carbonyl (C=O) groups excluding carboxylic acids is 1. The Morgan fingerprint density at radius 2 is 1.81 bits per heavy atom. The summed E-state index contributed by atoms with van der Waals surface area (Å²) in [6.45, 7) is 12.0. The number of nitrogens with one attached hydrogen (secondary N) is 3. The van der Waals surface area contributed by atoms with Crippen molar-refractivity contribution in [3.63, 3.8) is 0 Å². The number of alkyl carbamates (subject to hydrolysis) is 1. The minimum atomic E-state index is -0.532. The quantitative estimate of drug-likeness (QED) is 0.249. The number of likely N-dealkylation sites (N-methyl/N-ethyl adjacent to an activating group) is 1. The van der Waals surface area contributed by atoms with Gasteiger partial charge in [0.2, 0.25) is 0 Å². The third kappa shape index (κ3) is 14.0. The summed E-state index contributed by atoms with van der Waals surface area (Å²) in [7, 11) is 5.75. The molecule has 0 fully saturated rings. The van der Waals surface area contributed by atoms with Crippen LogP contribution in [0.2, 0.25) is 0 Å². The van der Waals surface area contributed by atoms with Gasteiger partial charge in [0.1, 0.15) is 18.0 Å². The molecule has 1 rings (SSSR count). The van der Waals surface area contributed by atoms with Crippen LogP contribution < -0.4 is 20.7 Å². The second-order valence-corrected chi connectivity index (χ2v) is 9.09. The smallest absolute Gasteiger partial charge is 0.408 e. The van der Waals surface area contributed by atoms with Crippen molar-refractivity contribution < 1.29 is 14.3 Å². The van der Waals surface area contributed by atoms with E-state index in [1.165, 1.54) is 0 Å². The number of carbonyl (C=O) groups is 1. The molecular weight excluding hydrogens is 509 g/mol. The average molecular weight is 549 g/mol. The monoisotopic (exact) mass is 549 g/mol. The van der Waals surface area contributed by atoms with E-state index in [2.05, 4.69) is 25.8 Å². The van der Waals surface area contributed by atoms with Crippen LogP contribution in [-0.2, 0) is 11.3 Å². The van der Waals surface area contributed by atoms with E-state index in [1.807, 2.05) is 73.0 Å². The fourth-order valence-electron chi connectivity index (χ4n) is 2.43. The summed E-state index contributed by atoms with van der Waals surface area (Å²) in [5, 5.41) is 9.40. The average Bonchev–Trinajstić information content (AvgIpc) is 2.59. The van der Waals surface area contributed by atoms with Crippen molar-refractivity contribution in [2.45, 2.75) is 52.3 Å². The highest BCUT2D eigenvalue weighted by Crippen LogP contribution is 2.13. The molecule has 0 aliphatic carbocycles. The lowest BCUT2D eigenvalue weighted by atomic mass is 10.1. The highest BCUT2D eigenvalue weighted by molar-refractivity contribution is 14.0. The molecule has 3 N–H and O–H groups in total. The van der Waals surface area contributed by atoms with Gasteiger partial charge in [0.15, 0.2) is 5.96 Å². The summed E-state index contributed by atoms with van der Waals surface area (Å²) >= 11 is 0. The summed E-state index contributed by atoms with van der Waals surface area (Å²) in [6, 6.07) is 7.99. The molecule has 0 heterocycles. The topological polar surface area (TPSA) is 87.2 Å². The molecule has 0 aromatic heterocycles. The maximum absolute atomic E-state index is 12.0. The molecule has 1 aromatic carbocycles. The van der Waals surface area contributed by atoms with E-state index in [9.17, 15) is 4.79 Å². The molecule has 178 valence electrons. The summed E-state index contributed by atoms with van der Waals surface area (Å²) in [5.74, 6) is 1.50. The SMILES string of the molecule is CN=C(NCc1cccc(OCCN(C)C)c1)NCC(C)(C)NC(=O)OC(C)(C)C.I. The largest absolute Gasteiger partial charge is 0.492 e. The van der Waals surface area contributed by atoms with Crippen LogP contribution >= 0.6 is 24.0 Å². The Balaban J connectivity index is 0.00000900.